The molecular formula is C25H18F3IN2O3. The van der Waals surface area contributed by atoms with Crippen LogP contribution in [0.2, 0.25) is 0 Å². The fourth-order valence-corrected chi connectivity index (χ4v) is 4.14. The van der Waals surface area contributed by atoms with Crippen molar-refractivity contribution < 1.29 is 27.4 Å². The van der Waals surface area contributed by atoms with Crippen molar-refractivity contribution in [3.63, 3.8) is 0 Å². The van der Waals surface area contributed by atoms with E-state index in [0.29, 0.717) is 27.2 Å². The Morgan fingerprint density at radius 3 is 2.29 bits per heavy atom. The van der Waals surface area contributed by atoms with Crippen LogP contribution in [0.3, 0.4) is 0 Å². The Balaban J connectivity index is 1.68. The van der Waals surface area contributed by atoms with Crippen LogP contribution < -0.4 is 14.5 Å². The van der Waals surface area contributed by atoms with Crippen LogP contribution >= 0.6 is 22.6 Å². The normalized spacial score (nSPS) is 15.0. The fraction of sp³-hybridized carbons (Fsp3) is 0.120. The van der Waals surface area contributed by atoms with Gasteiger partial charge in [0.2, 0.25) is 0 Å². The quantitative estimate of drug-likeness (QED) is 0.258. The van der Waals surface area contributed by atoms with Gasteiger partial charge in [0.15, 0.2) is 17.2 Å². The van der Waals surface area contributed by atoms with E-state index in [-0.39, 0.29) is 5.69 Å². The summed E-state index contributed by atoms with van der Waals surface area (Å²) in [6, 6.07) is 20.7. The van der Waals surface area contributed by atoms with Crippen LogP contribution in [0.4, 0.5) is 18.9 Å². The van der Waals surface area contributed by atoms with Crippen LogP contribution in [-0.2, 0) is 11.4 Å². The molecule has 34 heavy (non-hydrogen) atoms. The van der Waals surface area contributed by atoms with E-state index >= 15 is 0 Å². The van der Waals surface area contributed by atoms with Gasteiger partial charge in [-0.05, 0) is 64.1 Å². The molecule has 1 aliphatic heterocycles. The Kier molecular flexibility index (Phi) is 6.92. The molecule has 0 N–H and O–H groups in total. The minimum atomic E-state index is -4.80. The van der Waals surface area contributed by atoms with Gasteiger partial charge in [0, 0.05) is 0 Å². The molecule has 0 saturated carbocycles. The molecule has 1 amide bonds. The van der Waals surface area contributed by atoms with Crippen LogP contribution in [0.1, 0.15) is 11.1 Å². The summed E-state index contributed by atoms with van der Waals surface area (Å²) in [7, 11) is 1.44. The second kappa shape index (κ2) is 9.88. The number of nitrogens with zero attached hydrogens (tertiary/aromatic N) is 2. The topological polar surface area (TPSA) is 51.1 Å². The van der Waals surface area contributed by atoms with Gasteiger partial charge in [0.1, 0.15) is 6.61 Å². The zero-order valence-electron chi connectivity index (χ0n) is 17.8. The first-order valence-electron chi connectivity index (χ1n) is 10.1. The monoisotopic (exact) mass is 578 g/mol. The van der Waals surface area contributed by atoms with Gasteiger partial charge in [-0.1, -0.05) is 48.5 Å². The number of carbonyl (C=O) groups is 1. The first-order valence-corrected chi connectivity index (χ1v) is 11.2. The lowest BCUT2D eigenvalue weighted by Crippen LogP contribution is -2.25. The van der Waals surface area contributed by atoms with Crippen LogP contribution in [0.15, 0.2) is 83.5 Å². The molecule has 0 fully saturated rings. The molecule has 4 rings (SSSR count). The summed E-state index contributed by atoms with van der Waals surface area (Å²) in [5.41, 5.74) is -0.250. The number of hydrogen-bond donors (Lipinski definition) is 0. The maximum Gasteiger partial charge on any atom is 0.435 e. The minimum absolute atomic E-state index is 0.245. The standard InChI is InChI=1S/C25H18F3IN2O3/c1-33-21-14-17(13-20(29)22(21)34-15-16-8-4-2-5-9-16)12-19-23(25(26,27)28)30-31(24(19)32)18-10-6-3-7-11-18/h2-14H,15H2,1H3/b19-12-. The molecule has 5 nitrogen and oxygen atoms in total. The van der Waals surface area contributed by atoms with Gasteiger partial charge < -0.3 is 9.47 Å². The number of ether oxygens (including phenoxy) is 2. The third-order valence-corrected chi connectivity index (χ3v) is 5.74. The number of rotatable bonds is 6. The van der Waals surface area contributed by atoms with Crippen molar-refractivity contribution in [1.29, 1.82) is 0 Å². The van der Waals surface area contributed by atoms with Crippen molar-refractivity contribution in [3.8, 4) is 11.5 Å². The van der Waals surface area contributed by atoms with Gasteiger partial charge >= 0.3 is 6.18 Å². The van der Waals surface area contributed by atoms with Crippen molar-refractivity contribution in [3.05, 3.63) is 93.1 Å². The number of methoxy groups -OCH3 is 1. The first kappa shape index (κ1) is 23.8. The molecule has 0 spiro atoms. The highest BCUT2D eigenvalue weighted by molar-refractivity contribution is 14.1. The Hall–Kier alpha value is -3.34. The van der Waals surface area contributed by atoms with Gasteiger partial charge in [-0.25, -0.2) is 0 Å². The predicted octanol–water partition coefficient (Wildman–Crippen LogP) is 6.23. The summed E-state index contributed by atoms with van der Waals surface area (Å²) in [6.45, 7) is 0.295. The molecule has 0 radical (unpaired) electrons. The number of para-hydroxylation sites is 1. The smallest absolute Gasteiger partial charge is 0.435 e. The minimum Gasteiger partial charge on any atom is -0.493 e. The Morgan fingerprint density at radius 2 is 1.68 bits per heavy atom. The number of anilines is 1. The maximum absolute atomic E-state index is 13.7. The van der Waals surface area contributed by atoms with E-state index in [0.717, 1.165) is 10.6 Å². The number of benzene rings is 3. The summed E-state index contributed by atoms with van der Waals surface area (Å²) in [5, 5.41) is 4.34. The number of amides is 1. The van der Waals surface area contributed by atoms with Gasteiger partial charge in [-0.15, -0.1) is 0 Å². The summed E-state index contributed by atoms with van der Waals surface area (Å²) < 4.78 is 53.1. The molecule has 1 aliphatic rings. The highest BCUT2D eigenvalue weighted by Crippen LogP contribution is 2.37. The second-order valence-corrected chi connectivity index (χ2v) is 8.43. The third-order valence-electron chi connectivity index (χ3n) is 4.94. The highest BCUT2D eigenvalue weighted by Gasteiger charge is 2.46. The summed E-state index contributed by atoms with van der Waals surface area (Å²) in [5.74, 6) is -0.0649. The van der Waals surface area contributed by atoms with Crippen molar-refractivity contribution in [2.45, 2.75) is 12.8 Å². The highest BCUT2D eigenvalue weighted by atomic mass is 127. The molecule has 9 heteroatoms. The Labute approximate surface area is 207 Å². The first-order chi connectivity index (χ1) is 16.3. The molecule has 0 saturated heterocycles. The number of halogens is 4. The Morgan fingerprint density at radius 1 is 1.03 bits per heavy atom. The van der Waals surface area contributed by atoms with Crippen molar-refractivity contribution in [2.75, 3.05) is 12.1 Å². The summed E-state index contributed by atoms with van der Waals surface area (Å²) in [4.78, 5) is 12.9. The number of carbonyl (C=O) groups excluding carboxylic acids is 1. The van der Waals surface area contributed by atoms with Crippen molar-refractivity contribution in [1.82, 2.24) is 0 Å². The molecule has 0 bridgehead atoms. The molecule has 1 heterocycles. The predicted molar refractivity (Wildman–Crippen MR) is 132 cm³/mol. The number of alkyl halides is 3. The fourth-order valence-electron chi connectivity index (χ4n) is 3.36. The lowest BCUT2D eigenvalue weighted by molar-refractivity contribution is -0.114. The molecule has 0 unspecified atom stereocenters. The van der Waals surface area contributed by atoms with E-state index in [2.05, 4.69) is 5.10 Å². The van der Waals surface area contributed by atoms with Crippen LogP contribution in [0, 0.1) is 3.57 Å². The van der Waals surface area contributed by atoms with Crippen molar-refractivity contribution >= 4 is 46.0 Å². The average Bonchev–Trinajstić information content (AvgIpc) is 3.15. The van der Waals surface area contributed by atoms with E-state index in [1.165, 1.54) is 31.4 Å². The van der Waals surface area contributed by atoms with E-state index in [1.807, 2.05) is 52.9 Å². The van der Waals surface area contributed by atoms with E-state index in [9.17, 15) is 18.0 Å². The lowest BCUT2D eigenvalue weighted by atomic mass is 10.1. The van der Waals surface area contributed by atoms with E-state index in [4.69, 9.17) is 9.47 Å². The van der Waals surface area contributed by atoms with Gasteiger partial charge in [0.25, 0.3) is 5.91 Å². The zero-order valence-corrected chi connectivity index (χ0v) is 20.0. The molecule has 174 valence electrons. The Bertz CT molecular complexity index is 1260. The third kappa shape index (κ3) is 5.09. The van der Waals surface area contributed by atoms with Crippen LogP contribution in [0.5, 0.6) is 11.5 Å². The molecule has 0 aliphatic carbocycles. The number of hydrogen-bond acceptors (Lipinski definition) is 4. The molecule has 0 aromatic heterocycles. The number of hydrazone groups is 1. The SMILES string of the molecule is COc1cc(/C=C2\C(=O)N(c3ccccc3)N=C2C(F)(F)F)cc(I)c1OCc1ccccc1. The van der Waals surface area contributed by atoms with Crippen LogP contribution in [0.25, 0.3) is 6.08 Å². The van der Waals surface area contributed by atoms with E-state index in [1.54, 1.807) is 24.3 Å². The van der Waals surface area contributed by atoms with Crippen molar-refractivity contribution in [2.24, 2.45) is 5.10 Å². The van der Waals surface area contributed by atoms with Gasteiger partial charge in [0.05, 0.1) is 21.9 Å². The second-order valence-electron chi connectivity index (χ2n) is 7.27. The average molecular weight is 578 g/mol. The van der Waals surface area contributed by atoms with Gasteiger partial charge in [-0.2, -0.15) is 23.3 Å². The zero-order chi connectivity index (χ0) is 24.3. The summed E-state index contributed by atoms with van der Waals surface area (Å²) in [6.07, 6.45) is -3.63. The van der Waals surface area contributed by atoms with Crippen LogP contribution in [-0.4, -0.2) is 24.9 Å². The lowest BCUT2D eigenvalue weighted by Gasteiger charge is -2.14. The summed E-state index contributed by atoms with van der Waals surface area (Å²) >= 11 is 2.02. The molecule has 3 aromatic carbocycles. The maximum atomic E-state index is 13.7. The molecule has 0 atom stereocenters. The van der Waals surface area contributed by atoms with E-state index < -0.39 is 23.4 Å². The largest absolute Gasteiger partial charge is 0.493 e. The van der Waals surface area contributed by atoms with Gasteiger partial charge in [-0.3, -0.25) is 4.79 Å². The molecular weight excluding hydrogens is 560 g/mol. The molecule has 3 aromatic rings.